The number of benzene rings is 1. The first kappa shape index (κ1) is 25.4. The molecule has 0 saturated heterocycles. The highest BCUT2D eigenvalue weighted by atomic mass is 35.5. The Morgan fingerprint density at radius 2 is 2.06 bits per heavy atom. The summed E-state index contributed by atoms with van der Waals surface area (Å²) < 4.78 is 5.77. The van der Waals surface area contributed by atoms with Crippen LogP contribution in [0, 0.1) is 11.3 Å². The lowest BCUT2D eigenvalue weighted by atomic mass is 10.0. The predicted molar refractivity (Wildman–Crippen MR) is 124 cm³/mol. The molecule has 4 N–H and O–H groups in total. The third-order valence-corrected chi connectivity index (χ3v) is 4.82. The number of ether oxygens (including phenoxy) is 1. The molecule has 1 aliphatic rings. The molecule has 1 aliphatic heterocycles. The minimum Gasteiger partial charge on any atom is -0.458 e. The molecule has 1 atom stereocenters. The lowest BCUT2D eigenvalue weighted by Gasteiger charge is -2.28. The van der Waals surface area contributed by atoms with Crippen molar-refractivity contribution in [3.8, 4) is 5.75 Å². The van der Waals surface area contributed by atoms with Crippen LogP contribution in [-0.2, 0) is 9.59 Å². The van der Waals surface area contributed by atoms with Crippen molar-refractivity contribution in [3.05, 3.63) is 53.4 Å². The maximum absolute atomic E-state index is 12.9. The molecule has 0 radical (unpaired) electrons. The summed E-state index contributed by atoms with van der Waals surface area (Å²) in [5.74, 6) is 0.0728. The third-order valence-electron chi connectivity index (χ3n) is 4.51. The predicted octanol–water partition coefficient (Wildman–Crippen LogP) is 2.83. The van der Waals surface area contributed by atoms with Crippen LogP contribution in [0.2, 0.25) is 5.02 Å². The molecule has 2 amide bonds. The maximum Gasteiger partial charge on any atom is 0.251 e. The number of nitrogens with one attached hydrogen (secondary N) is 3. The number of aliphatic hydroxyl groups is 1. The second-order valence-corrected chi connectivity index (χ2v) is 9.09. The number of amidine groups is 1. The van der Waals surface area contributed by atoms with E-state index in [0.29, 0.717) is 29.5 Å². The number of carbonyl (C=O) groups excluding carboxylic acids is 2. The van der Waals surface area contributed by atoms with Crippen molar-refractivity contribution in [2.45, 2.75) is 45.8 Å². The van der Waals surface area contributed by atoms with Crippen LogP contribution in [0.4, 0.5) is 0 Å². The molecule has 0 saturated carbocycles. The third kappa shape index (κ3) is 8.01. The molecule has 9 heteroatoms. The summed E-state index contributed by atoms with van der Waals surface area (Å²) >= 11 is 6.13. The molecule has 32 heavy (non-hydrogen) atoms. The van der Waals surface area contributed by atoms with Gasteiger partial charge in [-0.1, -0.05) is 37.6 Å². The smallest absolute Gasteiger partial charge is 0.251 e. The standard InChI is InChI=1S/C23H31ClN4O4/c1-15(2)11-18(22(30)27-20(25)9-10-26-14-23(3,4)31)28-13-16(12-21(28)29)32-19-8-6-5-7-17(19)24/h5-10,12,15,18,26,31H,11,13-14H2,1-4H3,(H2,25,27,30)/b10-9-/t18-/m0/s1. The molecule has 0 spiro atoms. The van der Waals surface area contributed by atoms with Crippen molar-refractivity contribution >= 4 is 29.3 Å². The van der Waals surface area contributed by atoms with Crippen LogP contribution in [0.3, 0.4) is 0 Å². The Kier molecular flexibility index (Phi) is 8.86. The van der Waals surface area contributed by atoms with Gasteiger partial charge in [0.25, 0.3) is 5.91 Å². The van der Waals surface area contributed by atoms with E-state index in [4.69, 9.17) is 21.7 Å². The molecule has 2 rings (SSSR count). The van der Waals surface area contributed by atoms with E-state index in [2.05, 4.69) is 10.6 Å². The normalized spacial score (nSPS) is 15.2. The zero-order chi connectivity index (χ0) is 23.9. The van der Waals surface area contributed by atoms with Gasteiger partial charge in [-0.3, -0.25) is 15.0 Å². The maximum atomic E-state index is 12.9. The molecule has 0 aliphatic carbocycles. The summed E-state index contributed by atoms with van der Waals surface area (Å²) in [5.41, 5.74) is -0.898. The fourth-order valence-corrected chi connectivity index (χ4v) is 3.21. The Morgan fingerprint density at radius 3 is 2.69 bits per heavy atom. The van der Waals surface area contributed by atoms with Crippen molar-refractivity contribution < 1.29 is 19.4 Å². The van der Waals surface area contributed by atoms with E-state index in [1.165, 1.54) is 23.3 Å². The minimum absolute atomic E-state index is 0.126. The summed E-state index contributed by atoms with van der Waals surface area (Å²) in [7, 11) is 0. The topological polar surface area (TPSA) is 115 Å². The Bertz CT molecular complexity index is 906. The monoisotopic (exact) mass is 462 g/mol. The van der Waals surface area contributed by atoms with E-state index in [-0.39, 0.29) is 24.2 Å². The summed E-state index contributed by atoms with van der Waals surface area (Å²) in [6, 6.07) is 6.19. The highest BCUT2D eigenvalue weighted by molar-refractivity contribution is 6.32. The van der Waals surface area contributed by atoms with E-state index < -0.39 is 17.6 Å². The Balaban J connectivity index is 2.02. The van der Waals surface area contributed by atoms with Gasteiger partial charge in [-0.2, -0.15) is 0 Å². The van der Waals surface area contributed by atoms with Crippen molar-refractivity contribution in [2.75, 3.05) is 13.1 Å². The van der Waals surface area contributed by atoms with E-state index in [1.807, 2.05) is 13.8 Å². The first-order valence-corrected chi connectivity index (χ1v) is 10.8. The Morgan fingerprint density at radius 1 is 1.38 bits per heavy atom. The second kappa shape index (κ2) is 11.2. The number of hydrogen-bond donors (Lipinski definition) is 4. The van der Waals surface area contributed by atoms with Crippen LogP contribution in [0.1, 0.15) is 34.1 Å². The van der Waals surface area contributed by atoms with Gasteiger partial charge in [0.2, 0.25) is 5.91 Å². The number of carbonyl (C=O) groups is 2. The van der Waals surface area contributed by atoms with Gasteiger partial charge in [0.15, 0.2) is 0 Å². The molecule has 0 fully saturated rings. The van der Waals surface area contributed by atoms with Gasteiger partial charge in [-0.25, -0.2) is 0 Å². The van der Waals surface area contributed by atoms with Crippen molar-refractivity contribution in [2.24, 2.45) is 5.92 Å². The van der Waals surface area contributed by atoms with Crippen molar-refractivity contribution in [3.63, 3.8) is 0 Å². The van der Waals surface area contributed by atoms with Gasteiger partial charge in [0.05, 0.1) is 17.2 Å². The molecule has 174 valence electrons. The number of halogens is 1. The molecule has 8 nitrogen and oxygen atoms in total. The Hall–Kier alpha value is -2.84. The van der Waals surface area contributed by atoms with Crippen molar-refractivity contribution in [1.82, 2.24) is 15.5 Å². The van der Waals surface area contributed by atoms with E-state index >= 15 is 0 Å². The highest BCUT2D eigenvalue weighted by Gasteiger charge is 2.35. The quantitative estimate of drug-likeness (QED) is 0.315. The largest absolute Gasteiger partial charge is 0.458 e. The van der Waals surface area contributed by atoms with Gasteiger partial charge in [0, 0.05) is 18.8 Å². The zero-order valence-electron chi connectivity index (χ0n) is 18.8. The second-order valence-electron chi connectivity index (χ2n) is 8.68. The molecule has 1 aromatic rings. The van der Waals surface area contributed by atoms with Gasteiger partial charge in [-0.05, 0) is 44.4 Å². The zero-order valence-corrected chi connectivity index (χ0v) is 19.6. The van der Waals surface area contributed by atoms with E-state index in [0.717, 1.165) is 0 Å². The summed E-state index contributed by atoms with van der Waals surface area (Å²) in [5, 5.41) is 23.5. The highest BCUT2D eigenvalue weighted by Crippen LogP contribution is 2.27. The number of hydrogen-bond acceptors (Lipinski definition) is 6. The van der Waals surface area contributed by atoms with Crippen molar-refractivity contribution in [1.29, 1.82) is 5.41 Å². The molecular formula is C23H31ClN4O4. The number of amides is 2. The lowest BCUT2D eigenvalue weighted by molar-refractivity contribution is -0.135. The van der Waals surface area contributed by atoms with E-state index in [9.17, 15) is 14.7 Å². The van der Waals surface area contributed by atoms with Crippen LogP contribution in [-0.4, -0.2) is 52.4 Å². The summed E-state index contributed by atoms with van der Waals surface area (Å²) in [6.07, 6.45) is 4.65. The first-order chi connectivity index (χ1) is 15.0. The van der Waals surface area contributed by atoms with Gasteiger partial charge in [0.1, 0.15) is 23.4 Å². The summed E-state index contributed by atoms with van der Waals surface area (Å²) in [6.45, 7) is 7.65. The average Bonchev–Trinajstić information content (AvgIpc) is 3.04. The van der Waals surface area contributed by atoms with Crippen LogP contribution in [0.25, 0.3) is 0 Å². The fourth-order valence-electron chi connectivity index (χ4n) is 3.04. The first-order valence-electron chi connectivity index (χ1n) is 10.4. The Labute approximate surface area is 193 Å². The summed E-state index contributed by atoms with van der Waals surface area (Å²) in [4.78, 5) is 27.0. The SMILES string of the molecule is CC(C)C[C@@H](C(=O)NC(=N)/C=C\NCC(C)(C)O)N1CC(Oc2ccccc2Cl)=CC1=O. The molecular weight excluding hydrogens is 432 g/mol. The number of rotatable bonds is 10. The van der Waals surface area contributed by atoms with Crippen LogP contribution >= 0.6 is 11.6 Å². The molecule has 0 aromatic heterocycles. The molecule has 1 heterocycles. The average molecular weight is 463 g/mol. The molecule has 0 bridgehead atoms. The minimum atomic E-state index is -0.898. The molecule has 1 aromatic carbocycles. The van der Waals surface area contributed by atoms with Crippen LogP contribution in [0.5, 0.6) is 5.75 Å². The van der Waals surface area contributed by atoms with Gasteiger partial charge >= 0.3 is 0 Å². The number of nitrogens with zero attached hydrogens (tertiary/aromatic N) is 1. The van der Waals surface area contributed by atoms with E-state index in [1.54, 1.807) is 38.1 Å². The lowest BCUT2D eigenvalue weighted by Crippen LogP contribution is -2.49. The fraction of sp³-hybridized carbons (Fsp3) is 0.435. The molecule has 0 unspecified atom stereocenters. The van der Waals surface area contributed by atoms with Crippen LogP contribution in [0.15, 0.2) is 48.4 Å². The van der Waals surface area contributed by atoms with Gasteiger partial charge in [-0.15, -0.1) is 0 Å². The van der Waals surface area contributed by atoms with Gasteiger partial charge < -0.3 is 25.4 Å². The van der Waals surface area contributed by atoms with Crippen LogP contribution < -0.4 is 15.4 Å². The number of para-hydroxylation sites is 1.